The van der Waals surface area contributed by atoms with Crippen molar-refractivity contribution in [1.29, 1.82) is 0 Å². The van der Waals surface area contributed by atoms with Gasteiger partial charge in [-0.15, -0.1) is 0 Å². The van der Waals surface area contributed by atoms with Crippen molar-refractivity contribution in [2.45, 2.75) is 97.4 Å². The van der Waals surface area contributed by atoms with Gasteiger partial charge in [-0.3, -0.25) is 0 Å². The highest BCUT2D eigenvalue weighted by molar-refractivity contribution is 5.59. The molecule has 0 atom stereocenters. The molecular weight excluding hydrogens is 364 g/mol. The molecule has 0 unspecified atom stereocenters. The highest BCUT2D eigenvalue weighted by Crippen LogP contribution is 2.35. The van der Waals surface area contributed by atoms with Crippen molar-refractivity contribution in [1.82, 2.24) is 4.90 Å². The van der Waals surface area contributed by atoms with Crippen molar-refractivity contribution in [2.24, 2.45) is 11.8 Å². The number of allylic oxidation sites excluding steroid dienone is 1. The minimum Gasteiger partial charge on any atom is -0.371 e. The fraction of sp³-hybridized carbons (Fsp3) is 0.714. The number of nitrogens with zero attached hydrogens (tertiary/aromatic N) is 2. The summed E-state index contributed by atoms with van der Waals surface area (Å²) >= 11 is 0. The quantitative estimate of drug-likeness (QED) is 0.469. The minimum atomic E-state index is 0.897. The van der Waals surface area contributed by atoms with Crippen molar-refractivity contribution in [3.8, 4) is 0 Å². The van der Waals surface area contributed by atoms with E-state index in [9.17, 15) is 0 Å². The van der Waals surface area contributed by atoms with E-state index in [1.54, 1.807) is 16.7 Å². The van der Waals surface area contributed by atoms with Gasteiger partial charge in [0.15, 0.2) is 0 Å². The molecule has 0 bridgehead atoms. The van der Waals surface area contributed by atoms with Crippen molar-refractivity contribution >= 4 is 5.69 Å². The van der Waals surface area contributed by atoms with Crippen molar-refractivity contribution in [2.75, 3.05) is 24.5 Å². The Bertz CT molecular complexity index is 690. The van der Waals surface area contributed by atoms with E-state index in [4.69, 9.17) is 0 Å². The molecule has 0 aromatic heterocycles. The molecule has 2 fully saturated rings. The standard InChI is InChI=1S/C28H44N2/c1-4-22(2)29-18-17-26-15-16-28(23(3)27(26)21-29)30(19-24-11-7-5-8-12-24)20-25-13-9-6-10-14-25/h15-16,24-25H,2,4-14,17-21H2,1,3H3. The van der Waals surface area contributed by atoms with Gasteiger partial charge in [0.05, 0.1) is 0 Å². The Morgan fingerprint density at radius 3 is 2.13 bits per heavy atom. The van der Waals surface area contributed by atoms with Gasteiger partial charge >= 0.3 is 0 Å². The van der Waals surface area contributed by atoms with Crippen molar-refractivity contribution < 1.29 is 0 Å². The molecule has 30 heavy (non-hydrogen) atoms. The summed E-state index contributed by atoms with van der Waals surface area (Å²) < 4.78 is 0. The van der Waals surface area contributed by atoms with Gasteiger partial charge in [-0.05, 0) is 80.0 Å². The number of benzene rings is 1. The molecule has 1 heterocycles. The number of anilines is 1. The summed E-state index contributed by atoms with van der Waals surface area (Å²) in [7, 11) is 0. The second-order valence-electron chi connectivity index (χ2n) is 10.4. The molecule has 1 aromatic carbocycles. The lowest BCUT2D eigenvalue weighted by Gasteiger charge is -2.38. The van der Waals surface area contributed by atoms with Crippen LogP contribution >= 0.6 is 0 Å². The third kappa shape index (κ3) is 5.06. The highest BCUT2D eigenvalue weighted by Gasteiger charge is 2.25. The van der Waals surface area contributed by atoms with Crippen LogP contribution in [0.4, 0.5) is 5.69 Å². The van der Waals surface area contributed by atoms with Gasteiger partial charge in [-0.2, -0.15) is 0 Å². The van der Waals surface area contributed by atoms with Gasteiger partial charge in [-0.1, -0.05) is 58.1 Å². The second-order valence-corrected chi connectivity index (χ2v) is 10.4. The molecule has 0 saturated heterocycles. The molecule has 1 aromatic rings. The lowest BCUT2D eigenvalue weighted by Crippen LogP contribution is -2.36. The summed E-state index contributed by atoms with van der Waals surface area (Å²) in [6.45, 7) is 13.7. The Morgan fingerprint density at radius 2 is 1.57 bits per heavy atom. The smallest absolute Gasteiger partial charge is 0.0432 e. The van der Waals surface area contributed by atoms with E-state index in [0.717, 1.165) is 31.3 Å². The first kappa shape index (κ1) is 21.8. The van der Waals surface area contributed by atoms with E-state index in [1.165, 1.54) is 95.1 Å². The fourth-order valence-corrected chi connectivity index (χ4v) is 6.25. The zero-order valence-electron chi connectivity index (χ0n) is 19.7. The largest absolute Gasteiger partial charge is 0.371 e. The number of hydrogen-bond donors (Lipinski definition) is 0. The van der Waals surface area contributed by atoms with Crippen LogP contribution < -0.4 is 4.90 Å². The third-order valence-electron chi connectivity index (χ3n) is 8.27. The van der Waals surface area contributed by atoms with E-state index in [0.29, 0.717) is 0 Å². The van der Waals surface area contributed by atoms with E-state index < -0.39 is 0 Å². The van der Waals surface area contributed by atoms with E-state index >= 15 is 0 Å². The number of hydrogen-bond acceptors (Lipinski definition) is 2. The Morgan fingerprint density at radius 1 is 0.967 bits per heavy atom. The molecular formula is C28H44N2. The van der Waals surface area contributed by atoms with Gasteiger partial charge < -0.3 is 9.80 Å². The van der Waals surface area contributed by atoms with E-state index in [2.05, 4.69) is 42.4 Å². The van der Waals surface area contributed by atoms with Crippen LogP contribution in [0.15, 0.2) is 24.4 Å². The summed E-state index contributed by atoms with van der Waals surface area (Å²) in [5.74, 6) is 1.79. The maximum Gasteiger partial charge on any atom is 0.0432 e. The minimum absolute atomic E-state index is 0.897. The molecule has 2 heteroatoms. The Kier molecular flexibility index (Phi) is 7.44. The normalized spacial score (nSPS) is 20.8. The molecule has 2 saturated carbocycles. The summed E-state index contributed by atoms with van der Waals surface area (Å²) in [6.07, 6.45) is 16.7. The predicted octanol–water partition coefficient (Wildman–Crippen LogP) is 7.24. The van der Waals surface area contributed by atoms with Crippen LogP contribution in [0.2, 0.25) is 0 Å². The number of rotatable bonds is 7. The summed E-state index contributed by atoms with van der Waals surface area (Å²) in [5, 5.41) is 0. The predicted molar refractivity (Wildman–Crippen MR) is 130 cm³/mol. The molecule has 4 rings (SSSR count). The van der Waals surface area contributed by atoms with Gasteiger partial charge in [0.2, 0.25) is 0 Å². The van der Waals surface area contributed by atoms with Crippen LogP contribution in [0.3, 0.4) is 0 Å². The molecule has 0 N–H and O–H groups in total. The highest BCUT2D eigenvalue weighted by atomic mass is 15.1. The van der Waals surface area contributed by atoms with Crippen molar-refractivity contribution in [3.63, 3.8) is 0 Å². The average Bonchev–Trinajstić information content (AvgIpc) is 2.80. The molecule has 0 amide bonds. The fourth-order valence-electron chi connectivity index (χ4n) is 6.25. The zero-order valence-corrected chi connectivity index (χ0v) is 19.7. The third-order valence-corrected chi connectivity index (χ3v) is 8.27. The maximum atomic E-state index is 4.33. The topological polar surface area (TPSA) is 6.48 Å². The van der Waals surface area contributed by atoms with Crippen LogP contribution in [-0.4, -0.2) is 24.5 Å². The molecule has 2 aliphatic carbocycles. The Hall–Kier alpha value is -1.44. The molecule has 2 nitrogen and oxygen atoms in total. The summed E-state index contributed by atoms with van der Waals surface area (Å²) in [4.78, 5) is 5.35. The van der Waals surface area contributed by atoms with Gasteiger partial charge in [0.1, 0.15) is 0 Å². The van der Waals surface area contributed by atoms with Gasteiger partial charge in [-0.25, -0.2) is 0 Å². The van der Waals surface area contributed by atoms with Gasteiger partial charge in [0, 0.05) is 37.6 Å². The molecule has 0 spiro atoms. The first-order chi connectivity index (χ1) is 14.7. The Balaban J connectivity index is 1.58. The van der Waals surface area contributed by atoms with Crippen LogP contribution in [0.5, 0.6) is 0 Å². The Labute approximate surface area is 185 Å². The van der Waals surface area contributed by atoms with Crippen LogP contribution in [0, 0.1) is 18.8 Å². The second kappa shape index (κ2) is 10.2. The molecule has 1 aliphatic heterocycles. The van der Waals surface area contributed by atoms with E-state index in [1.807, 2.05) is 0 Å². The lowest BCUT2D eigenvalue weighted by molar-refractivity contribution is 0.313. The average molecular weight is 409 g/mol. The lowest BCUT2D eigenvalue weighted by atomic mass is 9.86. The first-order valence-corrected chi connectivity index (χ1v) is 12.9. The van der Waals surface area contributed by atoms with Crippen molar-refractivity contribution in [3.05, 3.63) is 41.1 Å². The van der Waals surface area contributed by atoms with Crippen LogP contribution in [-0.2, 0) is 13.0 Å². The maximum absolute atomic E-state index is 4.33. The monoisotopic (exact) mass is 408 g/mol. The first-order valence-electron chi connectivity index (χ1n) is 12.9. The van der Waals surface area contributed by atoms with Gasteiger partial charge in [0.25, 0.3) is 0 Å². The van der Waals surface area contributed by atoms with Crippen LogP contribution in [0.1, 0.15) is 94.2 Å². The molecule has 0 radical (unpaired) electrons. The number of fused-ring (bicyclic) bond motifs is 1. The molecule has 166 valence electrons. The zero-order chi connectivity index (χ0) is 20.9. The SMILES string of the molecule is C=C(CC)N1CCc2ccc(N(CC3CCCCC3)CC3CCCCC3)c(C)c2C1. The summed E-state index contributed by atoms with van der Waals surface area (Å²) in [5.41, 5.74) is 7.55. The van der Waals surface area contributed by atoms with E-state index in [-0.39, 0.29) is 0 Å². The van der Waals surface area contributed by atoms with Crippen LogP contribution in [0.25, 0.3) is 0 Å². The summed E-state index contributed by atoms with van der Waals surface area (Å²) in [6, 6.07) is 4.93. The molecule has 3 aliphatic rings.